The van der Waals surface area contributed by atoms with Crippen LogP contribution in [0.3, 0.4) is 0 Å². The van der Waals surface area contributed by atoms with E-state index in [4.69, 9.17) is 0 Å². The van der Waals surface area contributed by atoms with E-state index < -0.39 is 0 Å². The number of rotatable bonds is 2. The molecule has 0 aliphatic rings. The van der Waals surface area contributed by atoms with Crippen molar-refractivity contribution in [3.63, 3.8) is 0 Å². The van der Waals surface area contributed by atoms with E-state index in [1.54, 1.807) is 6.21 Å². The van der Waals surface area contributed by atoms with Gasteiger partial charge in [0.25, 0.3) is 0 Å². The van der Waals surface area contributed by atoms with E-state index in [1.165, 1.54) is 0 Å². The topological polar surface area (TPSA) is 32.6 Å². The van der Waals surface area contributed by atoms with Crippen LogP contribution in [0.5, 0.6) is 5.75 Å². The molecule has 0 saturated heterocycles. The van der Waals surface area contributed by atoms with Crippen LogP contribution in [0.25, 0.3) is 10.8 Å². The lowest BCUT2D eigenvalue weighted by Gasteiger charge is -2.05. The smallest absolute Gasteiger partial charge is 0.127 e. The molecule has 3 rings (SSSR count). The monoisotopic (exact) mass is 275 g/mol. The maximum atomic E-state index is 10.1. The summed E-state index contributed by atoms with van der Waals surface area (Å²) in [5.74, 6) is 0.296. The standard InChI is InChI=1S/C19H17NO/c1-13-10-14(2)19(21)16(11-13)12-20-18-9-5-7-15-6-3-4-8-17(15)18/h3-12,21H,1-2H3. The summed E-state index contributed by atoms with van der Waals surface area (Å²) < 4.78 is 0. The Kier molecular flexibility index (Phi) is 3.44. The lowest BCUT2D eigenvalue weighted by molar-refractivity contribution is 0.470. The van der Waals surface area contributed by atoms with Crippen LogP contribution in [0.4, 0.5) is 5.69 Å². The van der Waals surface area contributed by atoms with Gasteiger partial charge in [0.2, 0.25) is 0 Å². The van der Waals surface area contributed by atoms with Crippen molar-refractivity contribution in [3.05, 3.63) is 71.3 Å². The van der Waals surface area contributed by atoms with Crippen molar-refractivity contribution in [2.24, 2.45) is 4.99 Å². The van der Waals surface area contributed by atoms with Crippen molar-refractivity contribution in [2.75, 3.05) is 0 Å². The van der Waals surface area contributed by atoms with Gasteiger partial charge in [0.1, 0.15) is 5.75 Å². The first-order valence-corrected chi connectivity index (χ1v) is 6.97. The minimum Gasteiger partial charge on any atom is -0.507 e. The van der Waals surface area contributed by atoms with E-state index in [0.717, 1.165) is 33.2 Å². The average molecular weight is 275 g/mol. The Morgan fingerprint density at radius 2 is 1.71 bits per heavy atom. The first-order valence-electron chi connectivity index (χ1n) is 6.97. The van der Waals surface area contributed by atoms with Crippen molar-refractivity contribution in [1.82, 2.24) is 0 Å². The minimum atomic E-state index is 0.296. The van der Waals surface area contributed by atoms with Crippen molar-refractivity contribution in [3.8, 4) is 5.75 Å². The van der Waals surface area contributed by atoms with E-state index in [-0.39, 0.29) is 0 Å². The van der Waals surface area contributed by atoms with Crippen molar-refractivity contribution < 1.29 is 5.11 Å². The molecule has 104 valence electrons. The Balaban J connectivity index is 2.06. The SMILES string of the molecule is Cc1cc(C)c(O)c(C=Nc2cccc3ccccc23)c1. The zero-order valence-corrected chi connectivity index (χ0v) is 12.2. The van der Waals surface area contributed by atoms with E-state index in [0.29, 0.717) is 5.75 Å². The number of aliphatic imine (C=N–C) groups is 1. The fourth-order valence-corrected chi connectivity index (χ4v) is 2.55. The minimum absolute atomic E-state index is 0.296. The molecule has 3 aromatic carbocycles. The van der Waals surface area contributed by atoms with E-state index in [2.05, 4.69) is 23.2 Å². The van der Waals surface area contributed by atoms with Crippen LogP contribution < -0.4 is 0 Å². The largest absolute Gasteiger partial charge is 0.507 e. The molecule has 0 aromatic heterocycles. The van der Waals surface area contributed by atoms with Crippen molar-refractivity contribution >= 4 is 22.7 Å². The zero-order chi connectivity index (χ0) is 14.8. The van der Waals surface area contributed by atoms with Gasteiger partial charge in [-0.25, -0.2) is 0 Å². The Hall–Kier alpha value is -2.61. The molecule has 0 saturated carbocycles. The molecule has 0 heterocycles. The fourth-order valence-electron chi connectivity index (χ4n) is 2.55. The van der Waals surface area contributed by atoms with Crippen molar-refractivity contribution in [1.29, 1.82) is 0 Å². The van der Waals surface area contributed by atoms with Gasteiger partial charge >= 0.3 is 0 Å². The highest BCUT2D eigenvalue weighted by Crippen LogP contribution is 2.27. The number of fused-ring (bicyclic) bond motifs is 1. The third-order valence-corrected chi connectivity index (χ3v) is 3.58. The molecule has 0 spiro atoms. The highest BCUT2D eigenvalue weighted by atomic mass is 16.3. The summed E-state index contributed by atoms with van der Waals surface area (Å²) in [6, 6.07) is 18.1. The van der Waals surface area contributed by atoms with E-state index in [9.17, 15) is 5.11 Å². The Morgan fingerprint density at radius 3 is 2.57 bits per heavy atom. The molecule has 1 N–H and O–H groups in total. The lowest BCUT2D eigenvalue weighted by atomic mass is 10.1. The summed E-state index contributed by atoms with van der Waals surface area (Å²) in [6.45, 7) is 3.92. The van der Waals surface area contributed by atoms with Gasteiger partial charge in [-0.2, -0.15) is 0 Å². The Bertz CT molecular complexity index is 829. The molecule has 0 fully saturated rings. The van der Waals surface area contributed by atoms with Gasteiger partial charge < -0.3 is 5.11 Å². The molecule has 0 aliphatic carbocycles. The van der Waals surface area contributed by atoms with Crippen LogP contribution in [-0.4, -0.2) is 11.3 Å². The Morgan fingerprint density at radius 1 is 0.952 bits per heavy atom. The molecule has 3 aromatic rings. The van der Waals surface area contributed by atoms with Gasteiger partial charge in [-0.3, -0.25) is 4.99 Å². The van der Waals surface area contributed by atoms with Crippen LogP contribution in [-0.2, 0) is 0 Å². The summed E-state index contributed by atoms with van der Waals surface area (Å²) in [5, 5.41) is 12.4. The second-order valence-electron chi connectivity index (χ2n) is 5.28. The zero-order valence-electron chi connectivity index (χ0n) is 12.2. The number of phenols is 1. The van der Waals surface area contributed by atoms with Gasteiger partial charge in [0.15, 0.2) is 0 Å². The van der Waals surface area contributed by atoms with Gasteiger partial charge in [-0.05, 0) is 42.5 Å². The normalized spacial score (nSPS) is 11.3. The number of aryl methyl sites for hydroxylation is 2. The molecule has 0 atom stereocenters. The summed E-state index contributed by atoms with van der Waals surface area (Å²) >= 11 is 0. The quantitative estimate of drug-likeness (QED) is 0.662. The second-order valence-corrected chi connectivity index (χ2v) is 5.28. The van der Waals surface area contributed by atoms with E-state index >= 15 is 0 Å². The molecule has 2 heteroatoms. The first-order chi connectivity index (χ1) is 10.1. The number of hydrogen-bond acceptors (Lipinski definition) is 2. The van der Waals surface area contributed by atoms with Gasteiger partial charge in [-0.1, -0.05) is 42.5 Å². The maximum Gasteiger partial charge on any atom is 0.127 e. The van der Waals surface area contributed by atoms with Gasteiger partial charge in [0, 0.05) is 17.2 Å². The second kappa shape index (κ2) is 5.41. The Labute approximate surface area is 124 Å². The lowest BCUT2D eigenvalue weighted by Crippen LogP contribution is -1.88. The predicted octanol–water partition coefficient (Wildman–Crippen LogP) is 4.91. The highest BCUT2D eigenvalue weighted by Gasteiger charge is 2.04. The molecule has 0 radical (unpaired) electrons. The third kappa shape index (κ3) is 2.65. The molecule has 0 aliphatic heterocycles. The maximum absolute atomic E-state index is 10.1. The molecular weight excluding hydrogens is 258 g/mol. The number of benzene rings is 3. The molecule has 0 unspecified atom stereocenters. The van der Waals surface area contributed by atoms with Crippen LogP contribution in [0.1, 0.15) is 16.7 Å². The molecule has 21 heavy (non-hydrogen) atoms. The summed E-state index contributed by atoms with van der Waals surface area (Å²) in [7, 11) is 0. The van der Waals surface area contributed by atoms with Crippen LogP contribution in [0.2, 0.25) is 0 Å². The van der Waals surface area contributed by atoms with Crippen molar-refractivity contribution in [2.45, 2.75) is 13.8 Å². The van der Waals surface area contributed by atoms with E-state index in [1.807, 2.05) is 50.2 Å². The average Bonchev–Trinajstić information content (AvgIpc) is 2.49. The molecule has 0 bridgehead atoms. The van der Waals surface area contributed by atoms with Crippen LogP contribution in [0.15, 0.2) is 59.6 Å². The third-order valence-electron chi connectivity index (χ3n) is 3.58. The summed E-state index contributed by atoms with van der Waals surface area (Å²) in [4.78, 5) is 4.56. The fraction of sp³-hybridized carbons (Fsp3) is 0.105. The molecular formula is C19H17NO. The van der Waals surface area contributed by atoms with Crippen LogP contribution >= 0.6 is 0 Å². The summed E-state index contributed by atoms with van der Waals surface area (Å²) in [5.41, 5.74) is 3.64. The van der Waals surface area contributed by atoms with Crippen LogP contribution in [0, 0.1) is 13.8 Å². The highest BCUT2D eigenvalue weighted by molar-refractivity contribution is 5.95. The number of nitrogens with zero attached hydrogens (tertiary/aromatic N) is 1. The van der Waals surface area contributed by atoms with Gasteiger partial charge in [-0.15, -0.1) is 0 Å². The number of hydrogen-bond donors (Lipinski definition) is 1. The molecule has 0 amide bonds. The summed E-state index contributed by atoms with van der Waals surface area (Å²) in [6.07, 6.45) is 1.73. The van der Waals surface area contributed by atoms with Gasteiger partial charge in [0.05, 0.1) is 5.69 Å². The first kappa shape index (κ1) is 13.4. The molecule has 2 nitrogen and oxygen atoms in total. The predicted molar refractivity (Wildman–Crippen MR) is 88.8 cm³/mol. The number of phenolic OH excluding ortho intramolecular Hbond substituents is 1. The number of aromatic hydroxyl groups is 1.